The highest BCUT2D eigenvalue weighted by Gasteiger charge is 2.01. The Kier molecular flexibility index (Phi) is 3.94. The predicted octanol–water partition coefficient (Wildman–Crippen LogP) is 0.00960. The van der Waals surface area contributed by atoms with E-state index in [9.17, 15) is 4.79 Å². The number of benzene rings is 1. The molecule has 0 aliphatic rings. The van der Waals surface area contributed by atoms with Gasteiger partial charge < -0.3 is 16.2 Å². The molecule has 4 nitrogen and oxygen atoms in total. The molecule has 1 aromatic rings. The molecule has 0 unspecified atom stereocenters. The molecule has 0 saturated carbocycles. The van der Waals surface area contributed by atoms with Crippen LogP contribution in [0.3, 0.4) is 0 Å². The molecule has 1 aromatic carbocycles. The molecule has 0 aromatic heterocycles. The molecule has 0 spiro atoms. The highest BCUT2D eigenvalue weighted by Crippen LogP contribution is 2.09. The lowest BCUT2D eigenvalue weighted by Crippen LogP contribution is -2.30. The van der Waals surface area contributed by atoms with Crippen molar-refractivity contribution < 1.29 is 9.90 Å². The molecule has 0 saturated heterocycles. The summed E-state index contributed by atoms with van der Waals surface area (Å²) in [7, 11) is 0. The first-order valence-corrected chi connectivity index (χ1v) is 4.47. The standard InChI is InChI=1S/C10H14N2O2/c11-5-6-12-10(14)7-8-1-3-9(13)4-2-8/h1-4,13H,5-7,11H2,(H,12,14). The molecule has 0 fully saturated rings. The number of carbonyl (C=O) groups excluding carboxylic acids is 1. The van der Waals surface area contributed by atoms with E-state index >= 15 is 0 Å². The highest BCUT2D eigenvalue weighted by molar-refractivity contribution is 5.78. The third-order valence-corrected chi connectivity index (χ3v) is 1.77. The van der Waals surface area contributed by atoms with Crippen LogP contribution >= 0.6 is 0 Å². The maximum Gasteiger partial charge on any atom is 0.224 e. The average molecular weight is 194 g/mol. The third-order valence-electron chi connectivity index (χ3n) is 1.77. The van der Waals surface area contributed by atoms with Crippen LogP contribution in [-0.4, -0.2) is 24.1 Å². The van der Waals surface area contributed by atoms with Gasteiger partial charge in [-0.1, -0.05) is 12.1 Å². The Balaban J connectivity index is 2.44. The first-order chi connectivity index (χ1) is 6.72. The topological polar surface area (TPSA) is 75.3 Å². The lowest BCUT2D eigenvalue weighted by atomic mass is 10.1. The Morgan fingerprint density at radius 3 is 2.57 bits per heavy atom. The minimum atomic E-state index is -0.0545. The van der Waals surface area contributed by atoms with Gasteiger partial charge in [0.25, 0.3) is 0 Å². The average Bonchev–Trinajstić information content (AvgIpc) is 2.18. The van der Waals surface area contributed by atoms with Gasteiger partial charge in [0.1, 0.15) is 5.75 Å². The summed E-state index contributed by atoms with van der Waals surface area (Å²) < 4.78 is 0. The summed E-state index contributed by atoms with van der Waals surface area (Å²) >= 11 is 0. The maximum atomic E-state index is 11.2. The molecule has 0 atom stereocenters. The number of phenols is 1. The third kappa shape index (κ3) is 3.45. The summed E-state index contributed by atoms with van der Waals surface area (Å²) in [6.45, 7) is 0.943. The number of nitrogens with two attached hydrogens (primary N) is 1. The lowest BCUT2D eigenvalue weighted by molar-refractivity contribution is -0.120. The number of hydrogen-bond acceptors (Lipinski definition) is 3. The number of hydrogen-bond donors (Lipinski definition) is 3. The molecule has 0 heterocycles. The zero-order valence-corrected chi connectivity index (χ0v) is 7.86. The normalized spacial score (nSPS) is 9.79. The van der Waals surface area contributed by atoms with Crippen LogP contribution in [0.15, 0.2) is 24.3 Å². The van der Waals surface area contributed by atoms with E-state index in [0.717, 1.165) is 5.56 Å². The van der Waals surface area contributed by atoms with Gasteiger partial charge >= 0.3 is 0 Å². The first-order valence-electron chi connectivity index (χ1n) is 4.47. The van der Waals surface area contributed by atoms with E-state index in [0.29, 0.717) is 19.5 Å². The summed E-state index contributed by atoms with van der Waals surface area (Å²) in [5.41, 5.74) is 6.11. The number of phenolic OH excluding ortho intramolecular Hbond substituents is 1. The van der Waals surface area contributed by atoms with Gasteiger partial charge in [0.15, 0.2) is 0 Å². The zero-order chi connectivity index (χ0) is 10.4. The molecule has 1 rings (SSSR count). The maximum absolute atomic E-state index is 11.2. The van der Waals surface area contributed by atoms with Gasteiger partial charge in [-0.2, -0.15) is 0 Å². The highest BCUT2D eigenvalue weighted by atomic mass is 16.3. The summed E-state index contributed by atoms with van der Waals surface area (Å²) in [5.74, 6) is 0.150. The minimum Gasteiger partial charge on any atom is -0.508 e. The number of carbonyl (C=O) groups is 1. The van der Waals surface area contributed by atoms with Crippen molar-refractivity contribution in [3.8, 4) is 5.75 Å². The van der Waals surface area contributed by atoms with Crippen LogP contribution in [0.25, 0.3) is 0 Å². The Hall–Kier alpha value is -1.55. The molecule has 0 aliphatic carbocycles. The fraction of sp³-hybridized carbons (Fsp3) is 0.300. The number of rotatable bonds is 4. The van der Waals surface area contributed by atoms with Crippen LogP contribution in [-0.2, 0) is 11.2 Å². The summed E-state index contributed by atoms with van der Waals surface area (Å²) in [5, 5.41) is 11.7. The fourth-order valence-corrected chi connectivity index (χ4v) is 1.07. The van der Waals surface area contributed by atoms with Crippen LogP contribution < -0.4 is 11.1 Å². The number of aromatic hydroxyl groups is 1. The van der Waals surface area contributed by atoms with Crippen molar-refractivity contribution in [2.45, 2.75) is 6.42 Å². The Labute approximate surface area is 82.7 Å². The monoisotopic (exact) mass is 194 g/mol. The van der Waals surface area contributed by atoms with E-state index in [1.54, 1.807) is 24.3 Å². The lowest BCUT2D eigenvalue weighted by Gasteiger charge is -2.03. The minimum absolute atomic E-state index is 0.0545. The smallest absolute Gasteiger partial charge is 0.224 e. The van der Waals surface area contributed by atoms with E-state index in [2.05, 4.69) is 5.32 Å². The van der Waals surface area contributed by atoms with Crippen molar-refractivity contribution in [1.29, 1.82) is 0 Å². The molecular formula is C10H14N2O2. The molecule has 4 N–H and O–H groups in total. The van der Waals surface area contributed by atoms with Crippen molar-refractivity contribution in [1.82, 2.24) is 5.32 Å². The molecule has 1 amide bonds. The molecule has 4 heteroatoms. The second kappa shape index (κ2) is 5.24. The molecule has 14 heavy (non-hydrogen) atoms. The van der Waals surface area contributed by atoms with Gasteiger partial charge in [0, 0.05) is 13.1 Å². The van der Waals surface area contributed by atoms with Gasteiger partial charge in [-0.05, 0) is 17.7 Å². The van der Waals surface area contributed by atoms with Gasteiger partial charge in [-0.25, -0.2) is 0 Å². The summed E-state index contributed by atoms with van der Waals surface area (Å²) in [6, 6.07) is 6.56. The van der Waals surface area contributed by atoms with Gasteiger partial charge in [0.2, 0.25) is 5.91 Å². The molecule has 0 bridgehead atoms. The molecule has 0 radical (unpaired) electrons. The number of nitrogens with one attached hydrogen (secondary N) is 1. The van der Waals surface area contributed by atoms with Crippen molar-refractivity contribution in [3.05, 3.63) is 29.8 Å². The predicted molar refractivity (Wildman–Crippen MR) is 53.9 cm³/mol. The fourth-order valence-electron chi connectivity index (χ4n) is 1.07. The Bertz CT molecular complexity index is 295. The van der Waals surface area contributed by atoms with Gasteiger partial charge in [-0.15, -0.1) is 0 Å². The largest absolute Gasteiger partial charge is 0.508 e. The van der Waals surface area contributed by atoms with Crippen LogP contribution in [0.1, 0.15) is 5.56 Å². The van der Waals surface area contributed by atoms with E-state index in [4.69, 9.17) is 10.8 Å². The Morgan fingerprint density at radius 2 is 2.00 bits per heavy atom. The molecule has 0 aliphatic heterocycles. The van der Waals surface area contributed by atoms with Crippen LogP contribution in [0.4, 0.5) is 0 Å². The van der Waals surface area contributed by atoms with E-state index in [1.165, 1.54) is 0 Å². The van der Waals surface area contributed by atoms with Crippen LogP contribution in [0.5, 0.6) is 5.75 Å². The van der Waals surface area contributed by atoms with Crippen molar-refractivity contribution in [2.75, 3.05) is 13.1 Å². The molecular weight excluding hydrogens is 180 g/mol. The second-order valence-electron chi connectivity index (χ2n) is 2.98. The van der Waals surface area contributed by atoms with Gasteiger partial charge in [-0.3, -0.25) is 4.79 Å². The quantitative estimate of drug-likeness (QED) is 0.632. The van der Waals surface area contributed by atoms with E-state index in [1.807, 2.05) is 0 Å². The van der Waals surface area contributed by atoms with Crippen molar-refractivity contribution in [2.24, 2.45) is 5.73 Å². The van der Waals surface area contributed by atoms with E-state index in [-0.39, 0.29) is 11.7 Å². The van der Waals surface area contributed by atoms with Crippen LogP contribution in [0.2, 0.25) is 0 Å². The first kappa shape index (κ1) is 10.5. The number of amides is 1. The zero-order valence-electron chi connectivity index (χ0n) is 7.86. The second-order valence-corrected chi connectivity index (χ2v) is 2.98. The Morgan fingerprint density at radius 1 is 1.36 bits per heavy atom. The van der Waals surface area contributed by atoms with Crippen molar-refractivity contribution in [3.63, 3.8) is 0 Å². The summed E-state index contributed by atoms with van der Waals surface area (Å²) in [4.78, 5) is 11.2. The van der Waals surface area contributed by atoms with E-state index < -0.39 is 0 Å². The molecule has 76 valence electrons. The summed E-state index contributed by atoms with van der Waals surface area (Å²) in [6.07, 6.45) is 0.320. The SMILES string of the molecule is NCCNC(=O)Cc1ccc(O)cc1. The van der Waals surface area contributed by atoms with Gasteiger partial charge in [0.05, 0.1) is 6.42 Å². The van der Waals surface area contributed by atoms with Crippen LogP contribution in [0, 0.1) is 0 Å². The van der Waals surface area contributed by atoms with Crippen molar-refractivity contribution >= 4 is 5.91 Å².